The average molecular weight is 357 g/mol. The number of amides is 1. The summed E-state index contributed by atoms with van der Waals surface area (Å²) in [7, 11) is 2.13. The van der Waals surface area contributed by atoms with Crippen molar-refractivity contribution in [3.63, 3.8) is 0 Å². The van der Waals surface area contributed by atoms with Gasteiger partial charge in [-0.25, -0.2) is 0 Å². The van der Waals surface area contributed by atoms with E-state index in [0.717, 1.165) is 44.4 Å². The number of phenolic OH excluding ortho intramolecular Hbond substituents is 3. The van der Waals surface area contributed by atoms with E-state index < -0.39 is 23.2 Å². The van der Waals surface area contributed by atoms with E-state index in [1.165, 1.54) is 6.07 Å². The van der Waals surface area contributed by atoms with Crippen molar-refractivity contribution in [3.05, 3.63) is 47.5 Å². The van der Waals surface area contributed by atoms with Crippen LogP contribution in [0.15, 0.2) is 36.4 Å². The SMILES string of the molecule is CN1CCN(Cc2ccc(NC(=O)c3ccc(O)c(O)c3O)cc2)CC1. The fourth-order valence-electron chi connectivity index (χ4n) is 2.91. The molecule has 0 radical (unpaired) electrons. The van der Waals surface area contributed by atoms with E-state index in [1.54, 1.807) is 12.1 Å². The molecule has 1 heterocycles. The van der Waals surface area contributed by atoms with Crippen molar-refractivity contribution < 1.29 is 20.1 Å². The Morgan fingerprint density at radius 2 is 1.62 bits per heavy atom. The minimum absolute atomic E-state index is 0.109. The smallest absolute Gasteiger partial charge is 0.259 e. The number of hydrogen-bond acceptors (Lipinski definition) is 6. The minimum Gasteiger partial charge on any atom is -0.504 e. The van der Waals surface area contributed by atoms with Crippen LogP contribution in [0.1, 0.15) is 15.9 Å². The third kappa shape index (κ3) is 4.07. The first-order chi connectivity index (χ1) is 12.4. The maximum Gasteiger partial charge on any atom is 0.259 e. The Bertz CT molecular complexity index is 784. The number of piperazine rings is 1. The molecule has 2 aromatic rings. The number of nitrogens with one attached hydrogen (secondary N) is 1. The molecule has 26 heavy (non-hydrogen) atoms. The number of rotatable bonds is 4. The molecule has 4 N–H and O–H groups in total. The van der Waals surface area contributed by atoms with E-state index in [2.05, 4.69) is 22.2 Å². The molecule has 0 saturated carbocycles. The fraction of sp³-hybridized carbons (Fsp3) is 0.316. The third-order valence-corrected chi connectivity index (χ3v) is 4.59. The van der Waals surface area contributed by atoms with Crippen molar-refractivity contribution in [1.29, 1.82) is 0 Å². The molecular formula is C19H23N3O4. The molecule has 1 fully saturated rings. The lowest BCUT2D eigenvalue weighted by Gasteiger charge is -2.32. The van der Waals surface area contributed by atoms with Gasteiger partial charge in [0.15, 0.2) is 11.5 Å². The Hall–Kier alpha value is -2.77. The molecule has 1 saturated heterocycles. The summed E-state index contributed by atoms with van der Waals surface area (Å²) in [6.07, 6.45) is 0. The first-order valence-electron chi connectivity index (χ1n) is 8.49. The van der Waals surface area contributed by atoms with Crippen LogP contribution >= 0.6 is 0 Å². The summed E-state index contributed by atoms with van der Waals surface area (Å²) in [5.74, 6) is -2.40. The standard InChI is InChI=1S/C19H23N3O4/c1-21-8-10-22(11-9-21)12-13-2-4-14(5-3-13)20-19(26)15-6-7-16(23)18(25)17(15)24/h2-7,23-25H,8-12H2,1H3,(H,20,26). The zero-order valence-electron chi connectivity index (χ0n) is 14.6. The molecule has 0 atom stereocenters. The highest BCUT2D eigenvalue weighted by atomic mass is 16.3. The van der Waals surface area contributed by atoms with Gasteiger partial charge >= 0.3 is 0 Å². The lowest BCUT2D eigenvalue weighted by atomic mass is 10.1. The van der Waals surface area contributed by atoms with Crippen molar-refractivity contribution >= 4 is 11.6 Å². The summed E-state index contributed by atoms with van der Waals surface area (Å²) in [6, 6.07) is 9.94. The van der Waals surface area contributed by atoms with Crippen molar-refractivity contribution in [1.82, 2.24) is 9.80 Å². The zero-order valence-corrected chi connectivity index (χ0v) is 14.6. The number of carbonyl (C=O) groups is 1. The van der Waals surface area contributed by atoms with Crippen LogP contribution in [0.25, 0.3) is 0 Å². The Labute approximate surface area is 152 Å². The summed E-state index contributed by atoms with van der Waals surface area (Å²) in [6.45, 7) is 5.08. The lowest BCUT2D eigenvalue weighted by molar-refractivity contribution is 0.102. The highest BCUT2D eigenvalue weighted by molar-refractivity contribution is 6.06. The van der Waals surface area contributed by atoms with Crippen LogP contribution in [0, 0.1) is 0 Å². The van der Waals surface area contributed by atoms with Gasteiger partial charge in [0.25, 0.3) is 5.91 Å². The normalized spacial score (nSPS) is 15.7. The van der Waals surface area contributed by atoms with Crippen LogP contribution in [0.4, 0.5) is 5.69 Å². The molecule has 1 aliphatic heterocycles. The van der Waals surface area contributed by atoms with Crippen molar-refractivity contribution in [3.8, 4) is 17.2 Å². The van der Waals surface area contributed by atoms with Gasteiger partial charge < -0.3 is 25.5 Å². The number of hydrogen-bond donors (Lipinski definition) is 4. The number of aromatic hydroxyl groups is 3. The Morgan fingerprint density at radius 1 is 0.962 bits per heavy atom. The number of anilines is 1. The maximum absolute atomic E-state index is 12.3. The van der Waals surface area contributed by atoms with Gasteiger partial charge in [-0.1, -0.05) is 12.1 Å². The van der Waals surface area contributed by atoms with Gasteiger partial charge in [-0.2, -0.15) is 0 Å². The van der Waals surface area contributed by atoms with Crippen LogP contribution in [0.3, 0.4) is 0 Å². The largest absolute Gasteiger partial charge is 0.504 e. The molecule has 0 unspecified atom stereocenters. The van der Waals surface area contributed by atoms with Gasteiger partial charge in [0, 0.05) is 38.4 Å². The van der Waals surface area contributed by atoms with Crippen LogP contribution in [0.2, 0.25) is 0 Å². The molecule has 0 spiro atoms. The summed E-state index contributed by atoms with van der Waals surface area (Å²) < 4.78 is 0. The van der Waals surface area contributed by atoms with E-state index in [9.17, 15) is 20.1 Å². The maximum atomic E-state index is 12.3. The molecule has 0 aliphatic carbocycles. The molecule has 7 nitrogen and oxygen atoms in total. The molecule has 1 aliphatic rings. The molecule has 0 bridgehead atoms. The average Bonchev–Trinajstić information content (AvgIpc) is 2.63. The van der Waals surface area contributed by atoms with Gasteiger partial charge in [0.1, 0.15) is 0 Å². The van der Waals surface area contributed by atoms with Gasteiger partial charge in [-0.3, -0.25) is 9.69 Å². The Kier molecular flexibility index (Phi) is 5.29. The summed E-state index contributed by atoms with van der Waals surface area (Å²) >= 11 is 0. The van der Waals surface area contributed by atoms with E-state index in [1.807, 2.05) is 12.1 Å². The molecule has 138 valence electrons. The Balaban J connectivity index is 1.62. The first kappa shape index (κ1) is 18.0. The minimum atomic E-state index is -0.708. The molecule has 2 aromatic carbocycles. The van der Waals surface area contributed by atoms with Gasteiger partial charge in [0.2, 0.25) is 5.75 Å². The molecule has 7 heteroatoms. The van der Waals surface area contributed by atoms with Crippen molar-refractivity contribution in [2.75, 3.05) is 38.5 Å². The van der Waals surface area contributed by atoms with Gasteiger partial charge in [-0.05, 0) is 36.9 Å². The van der Waals surface area contributed by atoms with E-state index in [4.69, 9.17) is 0 Å². The number of likely N-dealkylation sites (N-methyl/N-ethyl adjacent to an activating group) is 1. The highest BCUT2D eigenvalue weighted by Gasteiger charge is 2.17. The van der Waals surface area contributed by atoms with Crippen LogP contribution in [0.5, 0.6) is 17.2 Å². The second kappa shape index (κ2) is 7.63. The second-order valence-electron chi connectivity index (χ2n) is 6.56. The highest BCUT2D eigenvalue weighted by Crippen LogP contribution is 2.37. The van der Waals surface area contributed by atoms with Gasteiger partial charge in [0.05, 0.1) is 5.56 Å². The summed E-state index contributed by atoms with van der Waals surface area (Å²) in [5, 5.41) is 31.3. The van der Waals surface area contributed by atoms with E-state index in [-0.39, 0.29) is 5.56 Å². The molecule has 1 amide bonds. The molecule has 3 rings (SSSR count). The van der Waals surface area contributed by atoms with Gasteiger partial charge in [-0.15, -0.1) is 0 Å². The first-order valence-corrected chi connectivity index (χ1v) is 8.49. The topological polar surface area (TPSA) is 96.3 Å². The fourth-order valence-corrected chi connectivity index (χ4v) is 2.91. The van der Waals surface area contributed by atoms with Crippen molar-refractivity contribution in [2.45, 2.75) is 6.54 Å². The van der Waals surface area contributed by atoms with Crippen LogP contribution < -0.4 is 5.32 Å². The summed E-state index contributed by atoms with van der Waals surface area (Å²) in [4.78, 5) is 17.0. The van der Waals surface area contributed by atoms with Crippen LogP contribution in [-0.4, -0.2) is 64.3 Å². The number of nitrogens with zero attached hydrogens (tertiary/aromatic N) is 2. The predicted molar refractivity (Wildman–Crippen MR) is 98.6 cm³/mol. The molecule has 0 aromatic heterocycles. The summed E-state index contributed by atoms with van der Waals surface area (Å²) in [5.41, 5.74) is 1.64. The zero-order chi connectivity index (χ0) is 18.7. The van der Waals surface area contributed by atoms with E-state index in [0.29, 0.717) is 5.69 Å². The predicted octanol–water partition coefficient (Wildman–Crippen LogP) is 1.80. The number of carbonyl (C=O) groups excluding carboxylic acids is 1. The van der Waals surface area contributed by atoms with Crippen LogP contribution in [-0.2, 0) is 6.54 Å². The van der Waals surface area contributed by atoms with Crippen molar-refractivity contribution in [2.24, 2.45) is 0 Å². The Morgan fingerprint density at radius 3 is 2.27 bits per heavy atom. The quantitative estimate of drug-likeness (QED) is 0.623. The number of phenols is 3. The lowest BCUT2D eigenvalue weighted by Crippen LogP contribution is -2.43. The second-order valence-corrected chi connectivity index (χ2v) is 6.56. The molecular weight excluding hydrogens is 334 g/mol. The van der Waals surface area contributed by atoms with E-state index >= 15 is 0 Å². The monoisotopic (exact) mass is 357 g/mol. The number of benzene rings is 2. The third-order valence-electron chi connectivity index (χ3n) is 4.59.